The molecule has 2 rings (SSSR count). The summed E-state index contributed by atoms with van der Waals surface area (Å²) in [5.74, 6) is 0. The molecule has 0 amide bonds. The highest BCUT2D eigenvalue weighted by Crippen LogP contribution is 2.18. The van der Waals surface area contributed by atoms with Crippen molar-refractivity contribution < 1.29 is 0 Å². The summed E-state index contributed by atoms with van der Waals surface area (Å²) >= 11 is 0. The lowest BCUT2D eigenvalue weighted by atomic mass is 10.1. The minimum absolute atomic E-state index is 0.809. The third kappa shape index (κ3) is 4.67. The summed E-state index contributed by atoms with van der Waals surface area (Å²) in [6.45, 7) is 8.90. The Hall–Kier alpha value is -0.340. The highest BCUT2D eigenvalue weighted by Gasteiger charge is 2.20. The molecule has 2 heteroatoms. The molecular formula is C14H26N2. The van der Waals surface area contributed by atoms with Crippen molar-refractivity contribution in [3.05, 3.63) is 12.2 Å². The van der Waals surface area contributed by atoms with Crippen LogP contribution in [0.2, 0.25) is 0 Å². The van der Waals surface area contributed by atoms with Crippen molar-refractivity contribution in [2.24, 2.45) is 0 Å². The molecule has 0 aromatic carbocycles. The minimum Gasteiger partial charge on any atom is -0.310 e. The van der Waals surface area contributed by atoms with Crippen LogP contribution in [-0.2, 0) is 0 Å². The molecule has 2 nitrogen and oxygen atoms in total. The van der Waals surface area contributed by atoms with Crippen molar-refractivity contribution in [1.82, 2.24) is 10.2 Å². The quantitative estimate of drug-likeness (QED) is 0.719. The maximum Gasteiger partial charge on any atom is 0.0202 e. The van der Waals surface area contributed by atoms with E-state index < -0.39 is 0 Å². The molecule has 0 spiro atoms. The molecule has 2 aliphatic rings. The Balaban J connectivity index is 1.62. The van der Waals surface area contributed by atoms with Gasteiger partial charge in [0.25, 0.3) is 0 Å². The molecule has 0 atom stereocenters. The zero-order chi connectivity index (χ0) is 11.2. The standard InChI is InChI=1S/C14H26N2/c1-13(11-15-14-7-8-14)12-16-9-5-3-2-4-6-10-16/h14-15H,1-12H2. The van der Waals surface area contributed by atoms with Crippen molar-refractivity contribution in [2.75, 3.05) is 26.2 Å². The van der Waals surface area contributed by atoms with E-state index in [4.69, 9.17) is 0 Å². The van der Waals surface area contributed by atoms with Gasteiger partial charge in [-0.1, -0.05) is 25.8 Å². The SMILES string of the molecule is C=C(CNC1CC1)CN1CCCCCCC1. The number of nitrogens with zero attached hydrogens (tertiary/aromatic N) is 1. The normalized spacial score (nSPS) is 23.8. The zero-order valence-electron chi connectivity index (χ0n) is 10.5. The maximum atomic E-state index is 4.20. The molecule has 16 heavy (non-hydrogen) atoms. The Morgan fingerprint density at radius 1 is 1.06 bits per heavy atom. The van der Waals surface area contributed by atoms with Gasteiger partial charge in [-0.05, 0) is 44.3 Å². The van der Waals surface area contributed by atoms with Gasteiger partial charge in [-0.3, -0.25) is 4.90 Å². The Morgan fingerprint density at radius 3 is 2.31 bits per heavy atom. The predicted molar refractivity (Wildman–Crippen MR) is 69.7 cm³/mol. The van der Waals surface area contributed by atoms with Gasteiger partial charge in [-0.2, -0.15) is 0 Å². The van der Waals surface area contributed by atoms with Crippen LogP contribution in [0.3, 0.4) is 0 Å². The number of hydrogen-bond acceptors (Lipinski definition) is 2. The summed E-state index contributed by atoms with van der Waals surface area (Å²) < 4.78 is 0. The van der Waals surface area contributed by atoms with Crippen LogP contribution in [0.15, 0.2) is 12.2 Å². The van der Waals surface area contributed by atoms with E-state index >= 15 is 0 Å². The van der Waals surface area contributed by atoms with Crippen LogP contribution in [0.1, 0.15) is 44.9 Å². The monoisotopic (exact) mass is 222 g/mol. The molecule has 0 radical (unpaired) electrons. The number of rotatable bonds is 5. The molecule has 1 saturated heterocycles. The summed E-state index contributed by atoms with van der Waals surface area (Å²) in [6, 6.07) is 0.809. The lowest BCUT2D eigenvalue weighted by Gasteiger charge is -2.25. The van der Waals surface area contributed by atoms with Gasteiger partial charge in [-0.15, -0.1) is 0 Å². The number of nitrogens with one attached hydrogen (secondary N) is 1. The van der Waals surface area contributed by atoms with Crippen LogP contribution in [0.25, 0.3) is 0 Å². The molecule has 2 fully saturated rings. The Bertz CT molecular complexity index is 213. The first kappa shape index (κ1) is 12.1. The predicted octanol–water partition coefficient (Wildman–Crippen LogP) is 2.56. The average Bonchev–Trinajstić information content (AvgIpc) is 3.02. The molecule has 1 heterocycles. The summed E-state index contributed by atoms with van der Waals surface area (Å²) in [7, 11) is 0. The summed E-state index contributed by atoms with van der Waals surface area (Å²) in [5, 5.41) is 3.55. The lowest BCUT2D eigenvalue weighted by molar-refractivity contribution is 0.265. The van der Waals surface area contributed by atoms with Gasteiger partial charge in [0.1, 0.15) is 0 Å². The van der Waals surface area contributed by atoms with Gasteiger partial charge >= 0.3 is 0 Å². The Morgan fingerprint density at radius 2 is 1.69 bits per heavy atom. The van der Waals surface area contributed by atoms with Crippen molar-refractivity contribution in [3.8, 4) is 0 Å². The highest BCUT2D eigenvalue weighted by atomic mass is 15.1. The third-order valence-electron chi connectivity index (χ3n) is 3.61. The third-order valence-corrected chi connectivity index (χ3v) is 3.61. The van der Waals surface area contributed by atoms with Crippen LogP contribution < -0.4 is 5.32 Å². The minimum atomic E-state index is 0.809. The second-order valence-electron chi connectivity index (χ2n) is 5.45. The second kappa shape index (κ2) is 6.41. The van der Waals surface area contributed by atoms with Gasteiger partial charge < -0.3 is 5.32 Å². The second-order valence-corrected chi connectivity index (χ2v) is 5.45. The van der Waals surface area contributed by atoms with E-state index in [1.54, 1.807) is 0 Å². The van der Waals surface area contributed by atoms with Gasteiger partial charge in [0.05, 0.1) is 0 Å². The lowest BCUT2D eigenvalue weighted by Crippen LogP contribution is -2.32. The molecule has 0 bridgehead atoms. The van der Waals surface area contributed by atoms with Crippen LogP contribution in [0, 0.1) is 0 Å². The molecule has 1 N–H and O–H groups in total. The van der Waals surface area contributed by atoms with Crippen molar-refractivity contribution >= 4 is 0 Å². The fraction of sp³-hybridized carbons (Fsp3) is 0.857. The molecule has 1 saturated carbocycles. The van der Waals surface area contributed by atoms with E-state index in [2.05, 4.69) is 16.8 Å². The maximum absolute atomic E-state index is 4.20. The smallest absolute Gasteiger partial charge is 0.0202 e. The number of likely N-dealkylation sites (tertiary alicyclic amines) is 1. The molecule has 0 aromatic heterocycles. The largest absolute Gasteiger partial charge is 0.310 e. The van der Waals surface area contributed by atoms with Crippen LogP contribution >= 0.6 is 0 Å². The van der Waals surface area contributed by atoms with E-state index in [1.807, 2.05) is 0 Å². The van der Waals surface area contributed by atoms with E-state index in [0.29, 0.717) is 0 Å². The van der Waals surface area contributed by atoms with E-state index in [0.717, 1.165) is 19.1 Å². The van der Waals surface area contributed by atoms with Crippen LogP contribution in [-0.4, -0.2) is 37.1 Å². The fourth-order valence-corrected chi connectivity index (χ4v) is 2.42. The van der Waals surface area contributed by atoms with E-state index in [9.17, 15) is 0 Å². The summed E-state index contributed by atoms with van der Waals surface area (Å²) in [5.41, 5.74) is 1.37. The summed E-state index contributed by atoms with van der Waals surface area (Å²) in [4.78, 5) is 2.59. The molecule has 92 valence electrons. The van der Waals surface area contributed by atoms with Crippen molar-refractivity contribution in [1.29, 1.82) is 0 Å². The fourth-order valence-electron chi connectivity index (χ4n) is 2.42. The molecule has 1 aliphatic carbocycles. The van der Waals surface area contributed by atoms with Crippen LogP contribution in [0.4, 0.5) is 0 Å². The first-order valence-corrected chi connectivity index (χ1v) is 6.97. The number of hydrogen-bond donors (Lipinski definition) is 1. The van der Waals surface area contributed by atoms with Gasteiger partial charge in [0.2, 0.25) is 0 Å². The molecular weight excluding hydrogens is 196 g/mol. The first-order valence-electron chi connectivity index (χ1n) is 6.97. The van der Waals surface area contributed by atoms with E-state index in [-0.39, 0.29) is 0 Å². The van der Waals surface area contributed by atoms with Crippen molar-refractivity contribution in [3.63, 3.8) is 0 Å². The van der Waals surface area contributed by atoms with Crippen LogP contribution in [0.5, 0.6) is 0 Å². The van der Waals surface area contributed by atoms with Gasteiger partial charge in [0.15, 0.2) is 0 Å². The molecule has 1 aliphatic heterocycles. The molecule has 0 unspecified atom stereocenters. The van der Waals surface area contributed by atoms with Crippen molar-refractivity contribution in [2.45, 2.75) is 51.0 Å². The average molecular weight is 222 g/mol. The first-order chi connectivity index (χ1) is 7.84. The Labute approximate surface area is 100 Å². The van der Waals surface area contributed by atoms with Gasteiger partial charge in [0, 0.05) is 19.1 Å². The highest BCUT2D eigenvalue weighted by molar-refractivity contribution is 5.01. The Kier molecular flexibility index (Phi) is 4.86. The summed E-state index contributed by atoms with van der Waals surface area (Å²) in [6.07, 6.45) is 9.78. The van der Waals surface area contributed by atoms with E-state index in [1.165, 1.54) is 63.6 Å². The molecule has 0 aromatic rings. The van der Waals surface area contributed by atoms with Gasteiger partial charge in [-0.25, -0.2) is 0 Å². The zero-order valence-corrected chi connectivity index (χ0v) is 10.5. The topological polar surface area (TPSA) is 15.3 Å².